The second-order valence-electron chi connectivity index (χ2n) is 21.1. The first-order valence-electron chi connectivity index (χ1n) is 24.4. The second kappa shape index (κ2) is 17.3. The number of nitrogens with one attached hydrogen (secondary N) is 2. The average molecular weight is 909 g/mol. The van der Waals surface area contributed by atoms with Gasteiger partial charge in [-0.15, -0.1) is 0 Å². The first kappa shape index (κ1) is 44.9. The van der Waals surface area contributed by atoms with Crippen molar-refractivity contribution in [1.29, 1.82) is 0 Å². The number of hydrogen-bond donors (Lipinski definition) is 2. The number of aromatic amines is 2. The van der Waals surface area contributed by atoms with Crippen molar-refractivity contribution in [2.24, 2.45) is 10.8 Å². The molecule has 14 nitrogen and oxygen atoms in total. The molecular weight excluding hydrogens is 845 g/mol. The molecule has 4 aromatic heterocycles. The van der Waals surface area contributed by atoms with E-state index < -0.39 is 0 Å². The number of aryl methyl sites for hydroxylation is 4. The van der Waals surface area contributed by atoms with Crippen LogP contribution in [0.15, 0.2) is 46.0 Å². The molecular formula is C53H64N8O6. The number of ketones is 2. The van der Waals surface area contributed by atoms with Crippen molar-refractivity contribution in [3.63, 3.8) is 0 Å². The van der Waals surface area contributed by atoms with Crippen molar-refractivity contribution in [1.82, 2.24) is 29.5 Å². The van der Waals surface area contributed by atoms with Gasteiger partial charge in [0.25, 0.3) is 11.1 Å². The lowest BCUT2D eigenvalue weighted by atomic mass is 9.75. The smallest absolute Gasteiger partial charge is 0.258 e. The van der Waals surface area contributed by atoms with Crippen LogP contribution in [0.3, 0.4) is 0 Å². The highest BCUT2D eigenvalue weighted by Gasteiger charge is 2.38. The number of nitrogens with zero attached hydrogens (tertiary/aromatic N) is 6. The highest BCUT2D eigenvalue weighted by molar-refractivity contribution is 6.01. The molecule has 0 amide bonds. The Morgan fingerprint density at radius 1 is 0.657 bits per heavy atom. The Hall–Kier alpha value is -5.86. The molecule has 10 rings (SSSR count). The molecule has 67 heavy (non-hydrogen) atoms. The molecule has 0 radical (unpaired) electrons. The number of benzene rings is 2. The number of fused-ring (bicyclic) bond motifs is 4. The van der Waals surface area contributed by atoms with E-state index in [0.717, 1.165) is 137 Å². The van der Waals surface area contributed by atoms with Crippen LogP contribution in [0.5, 0.6) is 0 Å². The summed E-state index contributed by atoms with van der Waals surface area (Å²) in [4.78, 5) is 65.4. The molecule has 0 atom stereocenters. The van der Waals surface area contributed by atoms with Crippen LogP contribution < -0.4 is 20.9 Å². The third kappa shape index (κ3) is 8.56. The van der Waals surface area contributed by atoms with Crippen molar-refractivity contribution < 1.29 is 19.1 Å². The number of carbonyl (C=O) groups excluding carboxylic acids is 2. The standard InChI is InChI=1S/C53H64N8O6/c1-8-10-35-21-33-23-37(60-42-27-52(4,5)29-44(62)46(42)31(2)56-60)25-40(48(33)50(64)54-35)58-14-12-39(13-15-58)67-18-9-11-36-22-34-24-38(26-41(49(34)51(65)55-36)59-16-19-66-20-17-59)61-43-28-53(6,7)30-45(63)47(43)32(3)57-61/h21-26,39H,8-20,27-30H2,1-7H3,(H,54,64)(H,55,65). The van der Waals surface area contributed by atoms with Gasteiger partial charge in [-0.3, -0.25) is 19.2 Å². The summed E-state index contributed by atoms with van der Waals surface area (Å²) in [5.74, 6) is 0.274. The van der Waals surface area contributed by atoms with Gasteiger partial charge in [0.2, 0.25) is 0 Å². The number of H-pyrrole nitrogens is 2. The zero-order valence-electron chi connectivity index (χ0n) is 40.2. The molecule has 0 spiro atoms. The highest BCUT2D eigenvalue weighted by Crippen LogP contribution is 2.40. The number of pyridine rings is 2. The molecule has 2 aliphatic heterocycles. The quantitative estimate of drug-likeness (QED) is 0.122. The molecule has 2 aliphatic carbocycles. The third-order valence-corrected chi connectivity index (χ3v) is 14.5. The van der Waals surface area contributed by atoms with Gasteiger partial charge in [0.15, 0.2) is 11.6 Å². The van der Waals surface area contributed by atoms with Gasteiger partial charge in [0.05, 0.1) is 86.7 Å². The zero-order valence-corrected chi connectivity index (χ0v) is 40.2. The summed E-state index contributed by atoms with van der Waals surface area (Å²) < 4.78 is 16.1. The minimum atomic E-state index is -0.177. The zero-order chi connectivity index (χ0) is 46.9. The van der Waals surface area contributed by atoms with E-state index in [1.165, 1.54) is 0 Å². The lowest BCUT2D eigenvalue weighted by molar-refractivity contribution is 0.0357. The normalized spacial score (nSPS) is 18.6. The number of piperidine rings is 1. The molecule has 0 saturated carbocycles. The van der Waals surface area contributed by atoms with Crippen LogP contribution in [0.1, 0.15) is 128 Å². The average Bonchev–Trinajstić information content (AvgIpc) is 3.79. The van der Waals surface area contributed by atoms with Crippen LogP contribution in [0.2, 0.25) is 0 Å². The Morgan fingerprint density at radius 3 is 1.63 bits per heavy atom. The highest BCUT2D eigenvalue weighted by atomic mass is 16.5. The number of aromatic nitrogens is 6. The molecule has 2 N–H and O–H groups in total. The second-order valence-corrected chi connectivity index (χ2v) is 21.1. The van der Waals surface area contributed by atoms with Crippen molar-refractivity contribution in [2.75, 3.05) is 55.8 Å². The van der Waals surface area contributed by atoms with E-state index >= 15 is 0 Å². The van der Waals surface area contributed by atoms with Crippen molar-refractivity contribution in [3.05, 3.63) is 102 Å². The monoisotopic (exact) mass is 908 g/mol. The van der Waals surface area contributed by atoms with Gasteiger partial charge < -0.3 is 29.2 Å². The summed E-state index contributed by atoms with van der Waals surface area (Å²) >= 11 is 0. The molecule has 0 unspecified atom stereocenters. The van der Waals surface area contributed by atoms with Crippen molar-refractivity contribution >= 4 is 44.5 Å². The molecule has 2 aromatic carbocycles. The first-order chi connectivity index (χ1) is 32.1. The number of ether oxygens (including phenoxy) is 2. The summed E-state index contributed by atoms with van der Waals surface area (Å²) in [5.41, 5.74) is 9.43. The maximum Gasteiger partial charge on any atom is 0.258 e. The molecule has 2 fully saturated rings. The SMILES string of the molecule is CCCc1cc2cc(-n3nc(C)c4c3CC(C)(C)CC4=O)cc(N3CCC(OCCCc4cc5cc(-n6nc(C)c7c6CC(C)(C)CC7=O)cc(N6CCOCC6)c5c(=O)[nH]4)CC3)c2c(=O)[nH]1. The summed E-state index contributed by atoms with van der Waals surface area (Å²) in [6, 6.07) is 12.4. The molecule has 352 valence electrons. The fourth-order valence-electron chi connectivity index (χ4n) is 11.4. The minimum absolute atomic E-state index is 0.0590. The van der Waals surface area contributed by atoms with Crippen LogP contribution in [-0.4, -0.2) is 93.2 Å². The molecule has 4 aliphatic rings. The van der Waals surface area contributed by atoms with E-state index in [-0.39, 0.29) is 39.6 Å². The maximum atomic E-state index is 14.0. The summed E-state index contributed by atoms with van der Waals surface area (Å²) in [6.07, 6.45) is 7.20. The van der Waals surface area contributed by atoms with Crippen molar-refractivity contribution in [2.45, 2.75) is 119 Å². The summed E-state index contributed by atoms with van der Waals surface area (Å²) in [7, 11) is 0. The van der Waals surface area contributed by atoms with Gasteiger partial charge in [-0.05, 0) is 117 Å². The number of Topliss-reactive ketones (excluding diaryl/α,β-unsaturated/α-hetero) is 2. The lowest BCUT2D eigenvalue weighted by Crippen LogP contribution is -2.38. The maximum absolute atomic E-state index is 14.0. The largest absolute Gasteiger partial charge is 0.378 e. The van der Waals surface area contributed by atoms with E-state index in [4.69, 9.17) is 19.7 Å². The Balaban J connectivity index is 0.864. The molecule has 6 heterocycles. The predicted octanol–water partition coefficient (Wildman–Crippen LogP) is 8.08. The van der Waals surface area contributed by atoms with Gasteiger partial charge in [0.1, 0.15) is 0 Å². The predicted molar refractivity (Wildman–Crippen MR) is 262 cm³/mol. The van der Waals surface area contributed by atoms with Gasteiger partial charge in [-0.1, -0.05) is 41.0 Å². The van der Waals surface area contributed by atoms with Gasteiger partial charge in [-0.25, -0.2) is 9.36 Å². The fourth-order valence-corrected chi connectivity index (χ4v) is 11.4. The Labute approximate surface area is 391 Å². The Morgan fingerprint density at radius 2 is 1.13 bits per heavy atom. The number of hydrogen-bond acceptors (Lipinski definition) is 10. The molecule has 14 heteroatoms. The van der Waals surface area contributed by atoms with E-state index in [9.17, 15) is 19.2 Å². The summed E-state index contributed by atoms with van der Waals surface area (Å²) in [6.45, 7) is 19.0. The van der Waals surface area contributed by atoms with Gasteiger partial charge in [-0.2, -0.15) is 10.2 Å². The molecule has 6 aromatic rings. The third-order valence-electron chi connectivity index (χ3n) is 14.5. The van der Waals surface area contributed by atoms with E-state index in [1.54, 1.807) is 0 Å². The Kier molecular flexibility index (Phi) is 11.6. The van der Waals surface area contributed by atoms with Gasteiger partial charge >= 0.3 is 0 Å². The molecule has 0 bridgehead atoms. The number of anilines is 2. The number of morpholine rings is 1. The molecule has 2 saturated heterocycles. The first-order valence-corrected chi connectivity index (χ1v) is 24.4. The minimum Gasteiger partial charge on any atom is -0.378 e. The van der Waals surface area contributed by atoms with Crippen LogP contribution in [0.25, 0.3) is 32.9 Å². The fraction of sp³-hybridized carbons (Fsp3) is 0.509. The van der Waals surface area contributed by atoms with E-state index in [1.807, 2.05) is 29.3 Å². The van der Waals surface area contributed by atoms with Crippen LogP contribution in [-0.2, 0) is 35.2 Å². The lowest BCUT2D eigenvalue weighted by Gasteiger charge is -2.34. The van der Waals surface area contributed by atoms with E-state index in [0.29, 0.717) is 62.9 Å². The van der Waals surface area contributed by atoms with Gasteiger partial charge in [0, 0.05) is 57.0 Å². The topological polar surface area (TPSA) is 160 Å². The van der Waals surface area contributed by atoms with Crippen LogP contribution in [0.4, 0.5) is 11.4 Å². The number of rotatable bonds is 11. The van der Waals surface area contributed by atoms with Crippen molar-refractivity contribution in [3.8, 4) is 11.4 Å². The number of carbonyl (C=O) groups is 2. The van der Waals surface area contributed by atoms with Crippen LogP contribution >= 0.6 is 0 Å². The Bertz CT molecular complexity index is 3060. The van der Waals surface area contributed by atoms with Crippen LogP contribution in [0, 0.1) is 24.7 Å². The van der Waals surface area contributed by atoms with E-state index in [2.05, 4.69) is 84.7 Å². The summed E-state index contributed by atoms with van der Waals surface area (Å²) in [5, 5.41) is 12.9.